The van der Waals surface area contributed by atoms with E-state index in [-0.39, 0.29) is 29.3 Å². The molecule has 3 N–H and O–H groups in total. The Kier molecular flexibility index (Phi) is 10.6. The average Bonchev–Trinajstić information content (AvgIpc) is 3.27. The molecular weight excluding hydrogens is 569 g/mol. The van der Waals surface area contributed by atoms with Gasteiger partial charge in [0.15, 0.2) is 0 Å². The molecule has 2 fully saturated rings. The number of piperidine rings is 1. The van der Waals surface area contributed by atoms with Gasteiger partial charge in [0.1, 0.15) is 5.41 Å². The van der Waals surface area contributed by atoms with E-state index in [1.807, 2.05) is 35.2 Å². The quantitative estimate of drug-likeness (QED) is 0.329. The molecule has 4 rings (SSSR count). The molecule has 0 aliphatic carbocycles. The Bertz CT molecular complexity index is 1280. The number of amides is 2. The summed E-state index contributed by atoms with van der Waals surface area (Å²) in [5.41, 5.74) is 0.485. The molecule has 2 aromatic carbocycles. The van der Waals surface area contributed by atoms with E-state index in [0.717, 1.165) is 37.1 Å². The number of carbonyl (C=O) groups excluding carboxylic acids is 2. The van der Waals surface area contributed by atoms with E-state index in [2.05, 4.69) is 42.8 Å². The molecule has 2 aromatic rings. The van der Waals surface area contributed by atoms with Crippen molar-refractivity contribution in [3.05, 3.63) is 69.7 Å². The van der Waals surface area contributed by atoms with Crippen molar-refractivity contribution in [2.24, 2.45) is 5.41 Å². The van der Waals surface area contributed by atoms with Gasteiger partial charge >= 0.3 is 0 Å². The van der Waals surface area contributed by atoms with Crippen LogP contribution in [0.5, 0.6) is 0 Å². The summed E-state index contributed by atoms with van der Waals surface area (Å²) in [5, 5.41) is 22.2. The molecule has 0 saturated carbocycles. The summed E-state index contributed by atoms with van der Waals surface area (Å²) in [4.78, 5) is 28.3. The summed E-state index contributed by atoms with van der Waals surface area (Å²) < 4.78 is 0. The van der Waals surface area contributed by atoms with Crippen molar-refractivity contribution in [2.75, 3.05) is 26.2 Å². The minimum Gasteiger partial charge on any atom is -0.355 e. The highest BCUT2D eigenvalue weighted by Crippen LogP contribution is 2.51. The first-order valence-corrected chi connectivity index (χ1v) is 15.7. The predicted molar refractivity (Wildman–Crippen MR) is 169 cm³/mol. The van der Waals surface area contributed by atoms with Crippen molar-refractivity contribution in [3.8, 4) is 6.07 Å². The molecule has 0 aromatic heterocycles. The first-order valence-electron chi connectivity index (χ1n) is 14.9. The van der Waals surface area contributed by atoms with Gasteiger partial charge in [-0.05, 0) is 79.6 Å². The fourth-order valence-electron chi connectivity index (χ4n) is 6.74. The normalized spacial score (nSPS) is 24.6. The van der Waals surface area contributed by atoms with Gasteiger partial charge in [0.2, 0.25) is 11.8 Å². The van der Waals surface area contributed by atoms with Crippen molar-refractivity contribution in [2.45, 2.75) is 82.8 Å². The largest absolute Gasteiger partial charge is 0.355 e. The first-order chi connectivity index (χ1) is 20.0. The molecule has 4 atom stereocenters. The molecule has 42 heavy (non-hydrogen) atoms. The highest BCUT2D eigenvalue weighted by atomic mass is 35.5. The predicted octanol–water partition coefficient (Wildman–Crippen LogP) is 5.42. The first kappa shape index (κ1) is 32.3. The number of benzene rings is 2. The lowest BCUT2D eigenvalue weighted by molar-refractivity contribution is -0.131. The third-order valence-electron chi connectivity index (χ3n) is 8.60. The van der Waals surface area contributed by atoms with Crippen LogP contribution in [0.2, 0.25) is 10.0 Å². The van der Waals surface area contributed by atoms with Crippen LogP contribution in [0.3, 0.4) is 0 Å². The van der Waals surface area contributed by atoms with Crippen LogP contribution >= 0.6 is 23.2 Å². The van der Waals surface area contributed by atoms with E-state index in [1.54, 1.807) is 25.1 Å². The zero-order valence-corrected chi connectivity index (χ0v) is 26.6. The molecule has 0 radical (unpaired) electrons. The Hall–Kier alpha value is -2.63. The van der Waals surface area contributed by atoms with Crippen LogP contribution in [-0.2, 0) is 15.0 Å². The number of nitrogens with zero attached hydrogens (tertiary/aromatic N) is 2. The fraction of sp³-hybridized carbons (Fsp3) is 0.545. The molecule has 7 nitrogen and oxygen atoms in total. The van der Waals surface area contributed by atoms with Crippen molar-refractivity contribution in [1.29, 1.82) is 5.26 Å². The second-order valence-corrected chi connectivity index (χ2v) is 13.7. The Morgan fingerprint density at radius 2 is 1.79 bits per heavy atom. The summed E-state index contributed by atoms with van der Waals surface area (Å²) in [6.45, 7) is 10.9. The fourth-order valence-corrected chi connectivity index (χ4v) is 7.07. The van der Waals surface area contributed by atoms with Crippen LogP contribution in [0.1, 0.15) is 70.4 Å². The SMILES string of the molecule is CC(=O)N(CCCNC(=O)[C@@H]1N[C@@H](CC(C)(C)C)[C@](C#N)(c2ccc(Cl)cc2)[C@H]1c1cccc(Cl)c1)C1CCNCC1. The lowest BCUT2D eigenvalue weighted by Gasteiger charge is -2.37. The average molecular weight is 613 g/mol. The standard InChI is InChI=1S/C33H43Cl2N5O2/c1-22(41)40(27-13-16-37-17-14-27)18-6-15-38-31(42)30-29(23-7-5-8-26(35)19-23)33(21-36,24-9-11-25(34)12-10-24)28(39-30)20-32(2,3)4/h5,7-12,19,27-30,37,39H,6,13-18,20H2,1-4H3,(H,38,42)/t28-,29-,30+,33-/m0/s1. The van der Waals surface area contributed by atoms with E-state index >= 15 is 0 Å². The van der Waals surface area contributed by atoms with Crippen LogP contribution in [0, 0.1) is 16.7 Å². The third kappa shape index (κ3) is 7.29. The lowest BCUT2D eigenvalue weighted by atomic mass is 9.63. The maximum absolute atomic E-state index is 14.0. The smallest absolute Gasteiger partial charge is 0.237 e. The van der Waals surface area contributed by atoms with Gasteiger partial charge in [-0.15, -0.1) is 0 Å². The second kappa shape index (κ2) is 13.8. The summed E-state index contributed by atoms with van der Waals surface area (Å²) in [7, 11) is 0. The molecule has 9 heteroatoms. The maximum Gasteiger partial charge on any atom is 0.237 e. The van der Waals surface area contributed by atoms with Crippen molar-refractivity contribution in [1.82, 2.24) is 20.9 Å². The molecule has 2 aliphatic rings. The summed E-state index contributed by atoms with van der Waals surface area (Å²) in [6, 6.07) is 16.8. The Balaban J connectivity index is 1.62. The van der Waals surface area contributed by atoms with Gasteiger partial charge in [-0.2, -0.15) is 5.26 Å². The number of carbonyl (C=O) groups is 2. The monoisotopic (exact) mass is 611 g/mol. The van der Waals surface area contributed by atoms with E-state index in [9.17, 15) is 14.9 Å². The van der Waals surface area contributed by atoms with Crippen molar-refractivity contribution in [3.63, 3.8) is 0 Å². The van der Waals surface area contributed by atoms with Gasteiger partial charge in [-0.3, -0.25) is 9.59 Å². The number of rotatable bonds is 9. The summed E-state index contributed by atoms with van der Waals surface area (Å²) in [5.74, 6) is -0.599. The highest BCUT2D eigenvalue weighted by Gasteiger charge is 2.59. The number of nitriles is 1. The van der Waals surface area contributed by atoms with Crippen LogP contribution < -0.4 is 16.0 Å². The van der Waals surface area contributed by atoms with Crippen LogP contribution in [0.15, 0.2) is 48.5 Å². The van der Waals surface area contributed by atoms with Gasteiger partial charge in [0.25, 0.3) is 0 Å². The highest BCUT2D eigenvalue weighted by molar-refractivity contribution is 6.30. The Labute approximate surface area is 260 Å². The molecule has 0 bridgehead atoms. The summed E-state index contributed by atoms with van der Waals surface area (Å²) >= 11 is 12.7. The van der Waals surface area contributed by atoms with Crippen LogP contribution in [0.4, 0.5) is 0 Å². The topological polar surface area (TPSA) is 97.3 Å². The van der Waals surface area contributed by atoms with E-state index < -0.39 is 17.4 Å². The van der Waals surface area contributed by atoms with Crippen molar-refractivity contribution >= 4 is 35.0 Å². The number of hydrogen-bond donors (Lipinski definition) is 3. The van der Waals surface area contributed by atoms with Crippen LogP contribution in [0.25, 0.3) is 0 Å². The molecule has 226 valence electrons. The zero-order valence-electron chi connectivity index (χ0n) is 25.1. The maximum atomic E-state index is 14.0. The van der Waals surface area contributed by atoms with E-state index in [1.165, 1.54) is 0 Å². The zero-order chi connectivity index (χ0) is 30.5. The molecule has 2 heterocycles. The van der Waals surface area contributed by atoms with Crippen LogP contribution in [-0.4, -0.2) is 61.0 Å². The molecule has 0 spiro atoms. The lowest BCUT2D eigenvalue weighted by Crippen LogP contribution is -2.47. The third-order valence-corrected chi connectivity index (χ3v) is 9.08. The summed E-state index contributed by atoms with van der Waals surface area (Å²) in [6.07, 6.45) is 3.20. The molecule has 2 amide bonds. The van der Waals surface area contributed by atoms with Gasteiger partial charge in [0.05, 0.1) is 12.1 Å². The molecule has 2 saturated heterocycles. The van der Waals surface area contributed by atoms with Gasteiger partial charge in [-0.1, -0.05) is 68.2 Å². The minimum atomic E-state index is -1.05. The second-order valence-electron chi connectivity index (χ2n) is 12.8. The minimum absolute atomic E-state index is 0.0681. The Morgan fingerprint density at radius 3 is 2.38 bits per heavy atom. The Morgan fingerprint density at radius 1 is 1.10 bits per heavy atom. The number of hydrogen-bond acceptors (Lipinski definition) is 5. The van der Waals surface area contributed by atoms with Crippen molar-refractivity contribution < 1.29 is 9.59 Å². The van der Waals surface area contributed by atoms with Gasteiger partial charge in [0, 0.05) is 48.1 Å². The number of halogens is 2. The number of nitrogens with one attached hydrogen (secondary N) is 3. The molecule has 2 aliphatic heterocycles. The molecule has 0 unspecified atom stereocenters. The molecular formula is C33H43Cl2N5O2. The van der Waals surface area contributed by atoms with Gasteiger partial charge < -0.3 is 20.9 Å². The van der Waals surface area contributed by atoms with E-state index in [4.69, 9.17) is 23.2 Å². The van der Waals surface area contributed by atoms with E-state index in [0.29, 0.717) is 36.0 Å². The van der Waals surface area contributed by atoms with Gasteiger partial charge in [-0.25, -0.2) is 0 Å².